The Kier molecular flexibility index (Phi) is 5.83. The number of carbonyl (C=O) groups excluding carboxylic acids is 2. The van der Waals surface area contributed by atoms with E-state index in [1.54, 1.807) is 20.2 Å². The average Bonchev–Trinajstić information content (AvgIpc) is 2.83. The Labute approximate surface area is 154 Å². The fraction of sp³-hybridized carbons (Fsp3) is 0.450. The smallest absolute Gasteiger partial charge is 0.233 e. The van der Waals surface area contributed by atoms with Crippen molar-refractivity contribution >= 4 is 22.7 Å². The number of amides is 2. The molecule has 0 saturated carbocycles. The molecule has 2 amide bonds. The van der Waals surface area contributed by atoms with Crippen LogP contribution in [-0.2, 0) is 16.0 Å². The van der Waals surface area contributed by atoms with Crippen molar-refractivity contribution in [2.45, 2.75) is 13.3 Å². The molecule has 2 aromatic rings. The van der Waals surface area contributed by atoms with E-state index in [1.165, 1.54) is 5.56 Å². The van der Waals surface area contributed by atoms with E-state index in [-0.39, 0.29) is 11.8 Å². The lowest BCUT2D eigenvalue weighted by atomic mass is 9.97. The Hall–Kier alpha value is -2.47. The number of fused-ring (bicyclic) bond motifs is 1. The molecule has 26 heavy (non-hydrogen) atoms. The molecule has 2 heterocycles. The van der Waals surface area contributed by atoms with E-state index in [4.69, 9.17) is 0 Å². The lowest BCUT2D eigenvalue weighted by molar-refractivity contribution is -0.129. The van der Waals surface area contributed by atoms with Gasteiger partial charge in [0, 0.05) is 51.7 Å². The maximum absolute atomic E-state index is 11.9. The number of nitrogens with one attached hydrogen (secondary N) is 1. The molecule has 0 unspecified atom stereocenters. The monoisotopic (exact) mass is 354 g/mol. The topological polar surface area (TPSA) is 65.5 Å². The maximum Gasteiger partial charge on any atom is 0.233 e. The number of rotatable bonds is 4. The summed E-state index contributed by atoms with van der Waals surface area (Å²) in [5, 5.41) is 3.81. The van der Waals surface area contributed by atoms with Gasteiger partial charge < -0.3 is 10.2 Å². The number of carbonyl (C=O) groups is 2. The Bertz CT molecular complexity index is 792. The van der Waals surface area contributed by atoms with E-state index in [9.17, 15) is 9.59 Å². The first-order chi connectivity index (χ1) is 12.5. The molecule has 1 aromatic carbocycles. The molecule has 0 radical (unpaired) electrons. The van der Waals surface area contributed by atoms with Crippen molar-refractivity contribution in [1.29, 1.82) is 0 Å². The van der Waals surface area contributed by atoms with Crippen molar-refractivity contribution in [3.05, 3.63) is 42.1 Å². The number of nitrogens with zero attached hydrogens (tertiary/aromatic N) is 3. The van der Waals surface area contributed by atoms with Crippen LogP contribution in [0.1, 0.15) is 12.5 Å². The van der Waals surface area contributed by atoms with Gasteiger partial charge in [-0.3, -0.25) is 19.5 Å². The van der Waals surface area contributed by atoms with E-state index in [1.807, 2.05) is 17.0 Å². The molecule has 1 aliphatic heterocycles. The number of benzene rings is 1. The molecule has 138 valence electrons. The van der Waals surface area contributed by atoms with Gasteiger partial charge in [0.2, 0.25) is 11.8 Å². The molecule has 0 aliphatic carbocycles. The summed E-state index contributed by atoms with van der Waals surface area (Å²) in [7, 11) is 1.66. The summed E-state index contributed by atoms with van der Waals surface area (Å²) in [5.41, 5.74) is 2.23. The van der Waals surface area contributed by atoms with Gasteiger partial charge in [-0.1, -0.05) is 12.1 Å². The molecular weight excluding hydrogens is 328 g/mol. The van der Waals surface area contributed by atoms with Gasteiger partial charge in [-0.15, -0.1) is 0 Å². The predicted molar refractivity (Wildman–Crippen MR) is 102 cm³/mol. The van der Waals surface area contributed by atoms with E-state index in [2.05, 4.69) is 33.4 Å². The van der Waals surface area contributed by atoms with Gasteiger partial charge in [0.15, 0.2) is 0 Å². The second kappa shape index (κ2) is 8.27. The van der Waals surface area contributed by atoms with E-state index >= 15 is 0 Å². The summed E-state index contributed by atoms with van der Waals surface area (Å²) in [6.07, 6.45) is 2.67. The zero-order chi connectivity index (χ0) is 18.5. The van der Waals surface area contributed by atoms with Crippen LogP contribution in [-0.4, -0.2) is 66.4 Å². The minimum absolute atomic E-state index is 0.0109. The number of hydrogen-bond acceptors (Lipinski definition) is 4. The highest BCUT2D eigenvalue weighted by Gasteiger charge is 2.25. The summed E-state index contributed by atoms with van der Waals surface area (Å²) in [6, 6.07) is 10.3. The van der Waals surface area contributed by atoms with Gasteiger partial charge in [-0.05, 0) is 36.1 Å². The molecule has 6 heteroatoms. The first-order valence-corrected chi connectivity index (χ1v) is 9.07. The van der Waals surface area contributed by atoms with Gasteiger partial charge in [0.1, 0.15) is 0 Å². The highest BCUT2D eigenvalue weighted by atomic mass is 16.2. The predicted octanol–water partition coefficient (Wildman–Crippen LogP) is 1.30. The second-order valence-corrected chi connectivity index (χ2v) is 6.97. The Morgan fingerprint density at radius 2 is 2.08 bits per heavy atom. The first kappa shape index (κ1) is 18.3. The molecule has 1 saturated heterocycles. The maximum atomic E-state index is 11.9. The van der Waals surface area contributed by atoms with E-state index in [0.29, 0.717) is 19.0 Å². The molecule has 1 aromatic heterocycles. The van der Waals surface area contributed by atoms with Gasteiger partial charge >= 0.3 is 0 Å². The van der Waals surface area contributed by atoms with Crippen molar-refractivity contribution in [2.75, 3.05) is 39.8 Å². The SMILES string of the molecule is CNC(=O)CN1CCN(C(C)=O)C[C@@H](Cc2ccc3ncccc3c2)C1. The van der Waals surface area contributed by atoms with Crippen molar-refractivity contribution in [3.8, 4) is 0 Å². The van der Waals surface area contributed by atoms with Crippen molar-refractivity contribution in [2.24, 2.45) is 5.92 Å². The van der Waals surface area contributed by atoms with Crippen LogP contribution in [0.15, 0.2) is 36.5 Å². The molecule has 1 atom stereocenters. The van der Waals surface area contributed by atoms with Gasteiger partial charge in [-0.25, -0.2) is 0 Å². The van der Waals surface area contributed by atoms with Gasteiger partial charge in [0.05, 0.1) is 12.1 Å². The third-order valence-electron chi connectivity index (χ3n) is 4.96. The molecule has 0 spiro atoms. The summed E-state index contributed by atoms with van der Waals surface area (Å²) < 4.78 is 0. The standard InChI is InChI=1S/C20H26N4O2/c1-15(25)24-9-8-23(14-20(26)21-2)12-17(13-24)10-16-5-6-19-18(11-16)4-3-7-22-19/h3-7,11,17H,8-10,12-14H2,1-2H3,(H,21,26)/t17-/m0/s1. The van der Waals surface area contributed by atoms with Crippen LogP contribution < -0.4 is 5.32 Å². The van der Waals surface area contributed by atoms with Crippen LogP contribution in [0.5, 0.6) is 0 Å². The van der Waals surface area contributed by atoms with Crippen LogP contribution >= 0.6 is 0 Å². The first-order valence-electron chi connectivity index (χ1n) is 9.07. The Morgan fingerprint density at radius 3 is 2.85 bits per heavy atom. The lowest BCUT2D eigenvalue weighted by Gasteiger charge is -2.24. The molecular formula is C20H26N4O2. The van der Waals surface area contributed by atoms with E-state index < -0.39 is 0 Å². The largest absolute Gasteiger partial charge is 0.358 e. The zero-order valence-corrected chi connectivity index (χ0v) is 15.4. The quantitative estimate of drug-likeness (QED) is 0.899. The highest BCUT2D eigenvalue weighted by molar-refractivity contribution is 5.79. The number of pyridine rings is 1. The minimum Gasteiger partial charge on any atom is -0.358 e. The average molecular weight is 354 g/mol. The summed E-state index contributed by atoms with van der Waals surface area (Å²) in [4.78, 5) is 32.1. The zero-order valence-electron chi connectivity index (χ0n) is 15.4. The van der Waals surface area contributed by atoms with Crippen molar-refractivity contribution in [3.63, 3.8) is 0 Å². The second-order valence-electron chi connectivity index (χ2n) is 6.97. The lowest BCUT2D eigenvalue weighted by Crippen LogP contribution is -2.39. The van der Waals surface area contributed by atoms with E-state index in [0.717, 1.165) is 37.0 Å². The van der Waals surface area contributed by atoms with Crippen molar-refractivity contribution < 1.29 is 9.59 Å². The summed E-state index contributed by atoms with van der Waals surface area (Å²) in [5.74, 6) is 0.400. The normalized spacial score (nSPS) is 18.5. The van der Waals surface area contributed by atoms with Crippen LogP contribution in [0.2, 0.25) is 0 Å². The Balaban J connectivity index is 1.76. The number of hydrogen-bond donors (Lipinski definition) is 1. The molecule has 1 N–H and O–H groups in total. The summed E-state index contributed by atoms with van der Waals surface area (Å²) in [6.45, 7) is 4.93. The fourth-order valence-electron chi connectivity index (χ4n) is 3.61. The van der Waals surface area contributed by atoms with Crippen molar-refractivity contribution in [1.82, 2.24) is 20.1 Å². The van der Waals surface area contributed by atoms with Gasteiger partial charge in [0.25, 0.3) is 0 Å². The van der Waals surface area contributed by atoms with Gasteiger partial charge in [-0.2, -0.15) is 0 Å². The van der Waals surface area contributed by atoms with Crippen LogP contribution in [0.3, 0.4) is 0 Å². The fourth-order valence-corrected chi connectivity index (χ4v) is 3.61. The number of aromatic nitrogens is 1. The molecule has 3 rings (SSSR count). The third-order valence-corrected chi connectivity index (χ3v) is 4.96. The van der Waals surface area contributed by atoms with Crippen LogP contribution in [0.25, 0.3) is 10.9 Å². The van der Waals surface area contributed by atoms with Crippen LogP contribution in [0, 0.1) is 5.92 Å². The molecule has 0 bridgehead atoms. The molecule has 1 aliphatic rings. The number of likely N-dealkylation sites (N-methyl/N-ethyl adjacent to an activating group) is 1. The molecule has 6 nitrogen and oxygen atoms in total. The Morgan fingerprint density at radius 1 is 1.23 bits per heavy atom. The molecule has 1 fully saturated rings. The third kappa shape index (κ3) is 4.58. The highest BCUT2D eigenvalue weighted by Crippen LogP contribution is 2.19. The summed E-state index contributed by atoms with van der Waals surface area (Å²) >= 11 is 0. The minimum atomic E-state index is 0.0109. The van der Waals surface area contributed by atoms with Crippen LogP contribution in [0.4, 0.5) is 0 Å².